The number of nitrogens with one attached hydrogen (secondary N) is 1. The van der Waals surface area contributed by atoms with E-state index in [-0.39, 0.29) is 24.0 Å². The molecule has 0 amide bonds. The minimum Gasteiger partial charge on any atom is -0.381 e. The molecule has 1 saturated carbocycles. The van der Waals surface area contributed by atoms with Crippen LogP contribution >= 0.6 is 24.0 Å². The highest BCUT2D eigenvalue weighted by Crippen LogP contribution is 2.45. The van der Waals surface area contributed by atoms with E-state index in [9.17, 15) is 0 Å². The molecule has 168 valence electrons. The molecule has 2 aliphatic heterocycles. The summed E-state index contributed by atoms with van der Waals surface area (Å²) in [6.07, 6.45) is 9.30. The molecule has 1 aromatic rings. The third-order valence-electron chi connectivity index (χ3n) is 6.79. The number of guanidine groups is 1. The van der Waals surface area contributed by atoms with Crippen LogP contribution in [-0.2, 0) is 22.6 Å². The minimum absolute atomic E-state index is 0. The molecule has 30 heavy (non-hydrogen) atoms. The van der Waals surface area contributed by atoms with Gasteiger partial charge in [0.05, 0.1) is 19.3 Å². The van der Waals surface area contributed by atoms with Gasteiger partial charge in [0, 0.05) is 32.8 Å². The van der Waals surface area contributed by atoms with Crippen LogP contribution in [0.4, 0.5) is 0 Å². The normalized spacial score (nSPS) is 21.8. The van der Waals surface area contributed by atoms with Crippen molar-refractivity contribution in [2.45, 2.75) is 71.1 Å². The summed E-state index contributed by atoms with van der Waals surface area (Å²) >= 11 is 0. The van der Waals surface area contributed by atoms with Gasteiger partial charge in [-0.25, -0.2) is 4.99 Å². The molecule has 5 nitrogen and oxygen atoms in total. The summed E-state index contributed by atoms with van der Waals surface area (Å²) in [6, 6.07) is 8.70. The number of hydrogen-bond acceptors (Lipinski definition) is 3. The average molecular weight is 527 g/mol. The van der Waals surface area contributed by atoms with Crippen LogP contribution in [-0.4, -0.2) is 49.8 Å². The highest BCUT2D eigenvalue weighted by molar-refractivity contribution is 14.0. The topological polar surface area (TPSA) is 46.1 Å². The quantitative estimate of drug-likeness (QED) is 0.330. The van der Waals surface area contributed by atoms with Gasteiger partial charge in [0.2, 0.25) is 0 Å². The maximum absolute atomic E-state index is 6.09. The lowest BCUT2D eigenvalue weighted by atomic mass is 9.86. The summed E-state index contributed by atoms with van der Waals surface area (Å²) < 4.78 is 11.5. The van der Waals surface area contributed by atoms with Crippen molar-refractivity contribution >= 4 is 29.9 Å². The van der Waals surface area contributed by atoms with Crippen LogP contribution in [0.3, 0.4) is 0 Å². The molecule has 0 bridgehead atoms. The van der Waals surface area contributed by atoms with Gasteiger partial charge in [-0.2, -0.15) is 0 Å². The Kier molecular flexibility index (Phi) is 9.26. The van der Waals surface area contributed by atoms with Crippen molar-refractivity contribution < 1.29 is 9.47 Å². The fraction of sp³-hybridized carbons (Fsp3) is 0.708. The lowest BCUT2D eigenvalue weighted by Gasteiger charge is -2.26. The SMILES string of the molecule is CCNC(=NCc1cccc(COC2CCOCC2)c1)N1CCC2(CCCC2)C1.I. The molecule has 2 saturated heterocycles. The van der Waals surface area contributed by atoms with Crippen molar-refractivity contribution in [3.63, 3.8) is 0 Å². The predicted molar refractivity (Wildman–Crippen MR) is 132 cm³/mol. The van der Waals surface area contributed by atoms with Crippen LogP contribution in [0.15, 0.2) is 29.3 Å². The van der Waals surface area contributed by atoms with Crippen LogP contribution in [0.5, 0.6) is 0 Å². The second kappa shape index (κ2) is 11.7. The number of likely N-dealkylation sites (tertiary alicyclic amines) is 1. The Morgan fingerprint density at radius 1 is 1.20 bits per heavy atom. The second-order valence-electron chi connectivity index (χ2n) is 8.99. The number of hydrogen-bond donors (Lipinski definition) is 1. The number of halogens is 1. The van der Waals surface area contributed by atoms with E-state index in [4.69, 9.17) is 14.5 Å². The summed E-state index contributed by atoms with van der Waals surface area (Å²) in [5.74, 6) is 1.08. The van der Waals surface area contributed by atoms with Crippen molar-refractivity contribution in [3.05, 3.63) is 35.4 Å². The Morgan fingerprint density at radius 3 is 2.73 bits per heavy atom. The van der Waals surface area contributed by atoms with Crippen molar-refractivity contribution in [3.8, 4) is 0 Å². The Morgan fingerprint density at radius 2 is 1.97 bits per heavy atom. The molecule has 2 heterocycles. The third-order valence-corrected chi connectivity index (χ3v) is 6.79. The van der Waals surface area contributed by atoms with E-state index in [1.807, 2.05) is 0 Å². The van der Waals surface area contributed by atoms with Gasteiger partial charge < -0.3 is 19.7 Å². The summed E-state index contributed by atoms with van der Waals surface area (Å²) in [5, 5.41) is 3.52. The van der Waals surface area contributed by atoms with E-state index < -0.39 is 0 Å². The van der Waals surface area contributed by atoms with Gasteiger partial charge in [-0.15, -0.1) is 24.0 Å². The Bertz CT molecular complexity index is 685. The van der Waals surface area contributed by atoms with Crippen LogP contribution in [0.1, 0.15) is 63.0 Å². The number of ether oxygens (including phenoxy) is 2. The summed E-state index contributed by atoms with van der Waals surface area (Å²) in [5.41, 5.74) is 3.06. The zero-order valence-electron chi connectivity index (χ0n) is 18.4. The van der Waals surface area contributed by atoms with E-state index in [2.05, 4.69) is 41.4 Å². The van der Waals surface area contributed by atoms with Crippen molar-refractivity contribution in [2.24, 2.45) is 10.4 Å². The summed E-state index contributed by atoms with van der Waals surface area (Å²) in [6.45, 7) is 8.44. The second-order valence-corrected chi connectivity index (χ2v) is 8.99. The van der Waals surface area contributed by atoms with Crippen LogP contribution in [0.25, 0.3) is 0 Å². The van der Waals surface area contributed by atoms with Gasteiger partial charge >= 0.3 is 0 Å². The van der Waals surface area contributed by atoms with E-state index in [1.54, 1.807) is 0 Å². The number of rotatable bonds is 6. The predicted octanol–water partition coefficient (Wildman–Crippen LogP) is 4.73. The van der Waals surface area contributed by atoms with E-state index in [0.717, 1.165) is 51.6 Å². The maximum atomic E-state index is 6.09. The van der Waals surface area contributed by atoms with Gasteiger partial charge in [-0.05, 0) is 55.6 Å². The number of benzene rings is 1. The minimum atomic E-state index is 0. The molecule has 3 aliphatic rings. The molecule has 6 heteroatoms. The fourth-order valence-electron chi connectivity index (χ4n) is 5.12. The van der Waals surface area contributed by atoms with Crippen molar-refractivity contribution in [1.82, 2.24) is 10.2 Å². The fourth-order valence-corrected chi connectivity index (χ4v) is 5.12. The Labute approximate surface area is 199 Å². The van der Waals surface area contributed by atoms with Crippen LogP contribution in [0, 0.1) is 5.41 Å². The zero-order chi connectivity index (χ0) is 19.9. The maximum Gasteiger partial charge on any atom is 0.194 e. The Balaban J connectivity index is 0.00000256. The first kappa shape index (κ1) is 23.8. The van der Waals surface area contributed by atoms with Gasteiger partial charge in [0.15, 0.2) is 5.96 Å². The molecule has 1 aliphatic carbocycles. The molecule has 0 radical (unpaired) electrons. The van der Waals surface area contributed by atoms with Gasteiger partial charge in [0.1, 0.15) is 0 Å². The molecule has 1 N–H and O–H groups in total. The first-order valence-corrected chi connectivity index (χ1v) is 11.6. The van der Waals surface area contributed by atoms with Crippen LogP contribution < -0.4 is 5.32 Å². The van der Waals surface area contributed by atoms with Gasteiger partial charge in [-0.3, -0.25) is 0 Å². The molecule has 0 aromatic heterocycles. The zero-order valence-corrected chi connectivity index (χ0v) is 20.7. The number of nitrogens with zero attached hydrogens (tertiary/aromatic N) is 2. The molecule has 4 rings (SSSR count). The molecule has 0 unspecified atom stereocenters. The summed E-state index contributed by atoms with van der Waals surface area (Å²) in [4.78, 5) is 7.48. The lowest BCUT2D eigenvalue weighted by Crippen LogP contribution is -2.41. The monoisotopic (exact) mass is 527 g/mol. The highest BCUT2D eigenvalue weighted by Gasteiger charge is 2.41. The van der Waals surface area contributed by atoms with Gasteiger partial charge in [-0.1, -0.05) is 37.1 Å². The Hall–Kier alpha value is -0.860. The van der Waals surface area contributed by atoms with Gasteiger partial charge in [0.25, 0.3) is 0 Å². The summed E-state index contributed by atoms with van der Waals surface area (Å²) in [7, 11) is 0. The molecule has 0 atom stereocenters. The van der Waals surface area contributed by atoms with E-state index >= 15 is 0 Å². The van der Waals surface area contributed by atoms with Crippen molar-refractivity contribution in [1.29, 1.82) is 0 Å². The molecular weight excluding hydrogens is 489 g/mol. The standard InChI is InChI=1S/C24H37N3O2.HI/c1-2-25-23(27-13-12-24(19-27)10-3-4-11-24)26-17-20-6-5-7-21(16-20)18-29-22-8-14-28-15-9-22;/h5-7,16,22H,2-4,8-15,17-19H2,1H3,(H,25,26);1H. The smallest absolute Gasteiger partial charge is 0.194 e. The first-order valence-electron chi connectivity index (χ1n) is 11.6. The lowest BCUT2D eigenvalue weighted by molar-refractivity contribution is -0.0390. The van der Waals surface area contributed by atoms with Crippen molar-refractivity contribution in [2.75, 3.05) is 32.8 Å². The molecule has 3 fully saturated rings. The molecular formula is C24H38IN3O2. The van der Waals surface area contributed by atoms with E-state index in [0.29, 0.717) is 18.1 Å². The number of aliphatic imine (C=N–C) groups is 1. The third kappa shape index (κ3) is 6.33. The average Bonchev–Trinajstić information content (AvgIpc) is 3.40. The van der Waals surface area contributed by atoms with Crippen LogP contribution in [0.2, 0.25) is 0 Å². The molecule has 1 spiro atoms. The highest BCUT2D eigenvalue weighted by atomic mass is 127. The van der Waals surface area contributed by atoms with E-state index in [1.165, 1.54) is 49.8 Å². The first-order chi connectivity index (χ1) is 14.3. The largest absolute Gasteiger partial charge is 0.381 e. The molecule has 1 aromatic carbocycles.